The van der Waals surface area contributed by atoms with Gasteiger partial charge in [-0.15, -0.1) is 0 Å². The molecule has 0 amide bonds. The van der Waals surface area contributed by atoms with Crippen molar-refractivity contribution in [2.45, 2.75) is 44.6 Å². The van der Waals surface area contributed by atoms with Gasteiger partial charge in [-0.2, -0.15) is 0 Å². The highest BCUT2D eigenvalue weighted by Gasteiger charge is 2.15. The zero-order valence-electron chi connectivity index (χ0n) is 14.6. The molecular weight excluding hydrogens is 304 g/mol. The third-order valence-electron chi connectivity index (χ3n) is 4.74. The number of carbonyl (C=O) groups is 1. The highest BCUT2D eigenvalue weighted by Crippen LogP contribution is 2.19. The van der Waals surface area contributed by atoms with Crippen LogP contribution in [0.3, 0.4) is 0 Å². The van der Waals surface area contributed by atoms with Crippen molar-refractivity contribution in [1.29, 1.82) is 0 Å². The number of benzene rings is 1. The van der Waals surface area contributed by atoms with E-state index in [1.54, 1.807) is 7.05 Å². The molecule has 1 saturated heterocycles. The molecule has 134 valence electrons. The molecule has 5 heteroatoms. The van der Waals surface area contributed by atoms with Gasteiger partial charge >= 0.3 is 5.97 Å². The number of nitrogens with one attached hydrogen (secondary N) is 2. The number of likely N-dealkylation sites (N-methyl/N-ethyl adjacent to an activating group) is 1. The minimum Gasteiger partial charge on any atom is -0.494 e. The monoisotopic (exact) mass is 334 g/mol. The highest BCUT2D eigenvalue weighted by atomic mass is 16.5. The van der Waals surface area contributed by atoms with Crippen LogP contribution in [0.5, 0.6) is 5.75 Å². The van der Waals surface area contributed by atoms with E-state index in [1.165, 1.54) is 38.8 Å². The van der Waals surface area contributed by atoms with E-state index in [-0.39, 0.29) is 0 Å². The molecule has 3 N–H and O–H groups in total. The van der Waals surface area contributed by atoms with Crippen LogP contribution in [-0.4, -0.2) is 43.9 Å². The molecule has 0 radical (unpaired) electrons. The highest BCUT2D eigenvalue weighted by molar-refractivity contribution is 5.73. The van der Waals surface area contributed by atoms with Gasteiger partial charge in [0.15, 0.2) is 0 Å². The number of rotatable bonds is 10. The number of unbranched alkanes of at least 4 members (excludes halogenated alkanes) is 1. The molecule has 24 heavy (non-hydrogen) atoms. The first-order valence-electron chi connectivity index (χ1n) is 9.01. The van der Waals surface area contributed by atoms with Crippen molar-refractivity contribution < 1.29 is 14.6 Å². The molecule has 1 atom stereocenters. The first-order chi connectivity index (χ1) is 11.7. The smallest absolute Gasteiger partial charge is 0.321 e. The quantitative estimate of drug-likeness (QED) is 0.573. The van der Waals surface area contributed by atoms with Crippen LogP contribution in [0.2, 0.25) is 0 Å². The van der Waals surface area contributed by atoms with Crippen molar-refractivity contribution >= 4 is 5.97 Å². The maximum atomic E-state index is 11.0. The summed E-state index contributed by atoms with van der Waals surface area (Å²) in [5, 5.41) is 15.3. The molecule has 0 bridgehead atoms. The van der Waals surface area contributed by atoms with Gasteiger partial charge in [-0.05, 0) is 75.9 Å². The Kier molecular flexibility index (Phi) is 8.05. The minimum absolute atomic E-state index is 0.475. The van der Waals surface area contributed by atoms with Gasteiger partial charge in [0.1, 0.15) is 11.8 Å². The second-order valence-corrected chi connectivity index (χ2v) is 6.57. The molecule has 2 rings (SSSR count). The Hall–Kier alpha value is -1.59. The number of carboxylic acid groups (broad SMARTS) is 1. The summed E-state index contributed by atoms with van der Waals surface area (Å²) >= 11 is 0. The predicted molar refractivity (Wildman–Crippen MR) is 95.6 cm³/mol. The van der Waals surface area contributed by atoms with Gasteiger partial charge in [0.25, 0.3) is 0 Å². The zero-order chi connectivity index (χ0) is 17.2. The lowest BCUT2D eigenvalue weighted by Gasteiger charge is -2.22. The van der Waals surface area contributed by atoms with E-state index in [4.69, 9.17) is 9.84 Å². The number of ether oxygens (including phenoxy) is 1. The molecule has 1 aromatic carbocycles. The maximum Gasteiger partial charge on any atom is 0.321 e. The first kappa shape index (κ1) is 18.7. The average Bonchev–Trinajstić information content (AvgIpc) is 2.61. The fraction of sp³-hybridized carbons (Fsp3) is 0.632. The Morgan fingerprint density at radius 2 is 2.00 bits per heavy atom. The number of hydrogen-bond acceptors (Lipinski definition) is 4. The number of piperidine rings is 1. The van der Waals surface area contributed by atoms with Crippen LogP contribution in [0.15, 0.2) is 24.3 Å². The number of aliphatic carboxylic acids is 1. The largest absolute Gasteiger partial charge is 0.494 e. The van der Waals surface area contributed by atoms with E-state index in [9.17, 15) is 4.79 Å². The molecule has 0 aliphatic carbocycles. The molecule has 1 aromatic rings. The normalized spacial score (nSPS) is 16.7. The van der Waals surface area contributed by atoms with Crippen molar-refractivity contribution in [3.63, 3.8) is 0 Å². The third-order valence-corrected chi connectivity index (χ3v) is 4.74. The average molecular weight is 334 g/mol. The van der Waals surface area contributed by atoms with Gasteiger partial charge in [0, 0.05) is 0 Å². The number of carboxylic acids is 1. The SMILES string of the molecule is CNC(Cc1ccc(OCCCCC2CCNCC2)cc1)C(=O)O. The van der Waals surface area contributed by atoms with Crippen LogP contribution in [0.4, 0.5) is 0 Å². The van der Waals surface area contributed by atoms with Crippen LogP contribution >= 0.6 is 0 Å². The van der Waals surface area contributed by atoms with E-state index in [0.717, 1.165) is 30.3 Å². The van der Waals surface area contributed by atoms with E-state index in [1.807, 2.05) is 24.3 Å². The van der Waals surface area contributed by atoms with Gasteiger partial charge in [-0.1, -0.05) is 18.6 Å². The Morgan fingerprint density at radius 3 is 2.62 bits per heavy atom. The van der Waals surface area contributed by atoms with Gasteiger partial charge in [0.2, 0.25) is 0 Å². The molecular formula is C19H30N2O3. The van der Waals surface area contributed by atoms with Crippen molar-refractivity contribution in [3.05, 3.63) is 29.8 Å². The second-order valence-electron chi connectivity index (χ2n) is 6.57. The fourth-order valence-electron chi connectivity index (χ4n) is 3.17. The summed E-state index contributed by atoms with van der Waals surface area (Å²) in [6.45, 7) is 3.09. The van der Waals surface area contributed by atoms with Crippen molar-refractivity contribution in [3.8, 4) is 5.75 Å². The fourth-order valence-corrected chi connectivity index (χ4v) is 3.17. The standard InChI is InChI=1S/C19H30N2O3/c1-20-18(19(22)23)14-16-5-7-17(8-6-16)24-13-3-2-4-15-9-11-21-12-10-15/h5-8,15,18,20-21H,2-4,9-14H2,1H3,(H,22,23). The van der Waals surface area contributed by atoms with Crippen LogP contribution in [0.25, 0.3) is 0 Å². The van der Waals surface area contributed by atoms with Crippen molar-refractivity contribution in [2.75, 3.05) is 26.7 Å². The third kappa shape index (κ3) is 6.49. The summed E-state index contributed by atoms with van der Waals surface area (Å²) in [4.78, 5) is 11.0. The maximum absolute atomic E-state index is 11.0. The Balaban J connectivity index is 1.63. The summed E-state index contributed by atoms with van der Waals surface area (Å²) in [7, 11) is 1.67. The van der Waals surface area contributed by atoms with E-state index >= 15 is 0 Å². The lowest BCUT2D eigenvalue weighted by atomic mass is 9.93. The van der Waals surface area contributed by atoms with Crippen LogP contribution in [-0.2, 0) is 11.2 Å². The molecule has 5 nitrogen and oxygen atoms in total. The molecule has 1 fully saturated rings. The number of hydrogen-bond donors (Lipinski definition) is 3. The van der Waals surface area contributed by atoms with Crippen LogP contribution in [0, 0.1) is 5.92 Å². The van der Waals surface area contributed by atoms with Gasteiger partial charge in [-0.3, -0.25) is 4.79 Å². The molecule has 0 spiro atoms. The minimum atomic E-state index is -0.827. The van der Waals surface area contributed by atoms with Gasteiger partial charge in [-0.25, -0.2) is 0 Å². The summed E-state index contributed by atoms with van der Waals surface area (Å²) in [6.07, 6.45) is 6.73. The Labute approximate surface area is 144 Å². The second kappa shape index (κ2) is 10.3. The van der Waals surface area contributed by atoms with Crippen molar-refractivity contribution in [1.82, 2.24) is 10.6 Å². The van der Waals surface area contributed by atoms with E-state index in [2.05, 4.69) is 10.6 Å². The van der Waals surface area contributed by atoms with Crippen molar-refractivity contribution in [2.24, 2.45) is 5.92 Å². The molecule has 1 heterocycles. The zero-order valence-corrected chi connectivity index (χ0v) is 14.6. The molecule has 0 aromatic heterocycles. The Bertz CT molecular complexity index is 484. The first-order valence-corrected chi connectivity index (χ1v) is 9.01. The molecule has 0 saturated carbocycles. The predicted octanol–water partition coefficient (Wildman–Crippen LogP) is 2.45. The van der Waals surface area contributed by atoms with E-state index < -0.39 is 12.0 Å². The summed E-state index contributed by atoms with van der Waals surface area (Å²) in [6, 6.07) is 7.19. The van der Waals surface area contributed by atoms with Gasteiger partial charge in [0.05, 0.1) is 6.61 Å². The van der Waals surface area contributed by atoms with E-state index in [0.29, 0.717) is 6.42 Å². The van der Waals surface area contributed by atoms with Crippen LogP contribution in [0.1, 0.15) is 37.7 Å². The summed E-state index contributed by atoms with van der Waals surface area (Å²) in [5.41, 5.74) is 0.995. The molecule has 1 unspecified atom stereocenters. The summed E-state index contributed by atoms with van der Waals surface area (Å²) in [5.74, 6) is 0.920. The molecule has 1 aliphatic rings. The Morgan fingerprint density at radius 1 is 1.29 bits per heavy atom. The van der Waals surface area contributed by atoms with Gasteiger partial charge < -0.3 is 20.5 Å². The summed E-state index contributed by atoms with van der Waals surface area (Å²) < 4.78 is 5.78. The lowest BCUT2D eigenvalue weighted by Crippen LogP contribution is -2.35. The lowest BCUT2D eigenvalue weighted by molar-refractivity contribution is -0.139. The topological polar surface area (TPSA) is 70.6 Å². The molecule has 1 aliphatic heterocycles. The van der Waals surface area contributed by atoms with Crippen LogP contribution < -0.4 is 15.4 Å².